The maximum atomic E-state index is 12.8. The van der Waals surface area contributed by atoms with Gasteiger partial charge in [0.2, 0.25) is 0 Å². The molecule has 0 unspecified atom stereocenters. The van der Waals surface area contributed by atoms with Crippen LogP contribution in [-0.2, 0) is 7.05 Å². The van der Waals surface area contributed by atoms with Crippen LogP contribution in [0.1, 0.15) is 113 Å². The first kappa shape index (κ1) is 43.6. The van der Waals surface area contributed by atoms with Crippen LogP contribution in [0.4, 0.5) is 0 Å². The molecule has 0 bridgehead atoms. The minimum Gasteiger partial charge on any atom is -0.311 e. The predicted octanol–water partition coefficient (Wildman–Crippen LogP) is 11.6. The lowest BCUT2D eigenvalue weighted by molar-refractivity contribution is 0.103. The van der Waals surface area contributed by atoms with Crippen molar-refractivity contribution in [2.45, 2.75) is 96.9 Å². The second-order valence-electron chi connectivity index (χ2n) is 6.25. The lowest BCUT2D eigenvalue weighted by Crippen LogP contribution is -2.16. The van der Waals surface area contributed by atoms with Crippen molar-refractivity contribution >= 4 is 16.7 Å². The highest BCUT2D eigenvalue weighted by molar-refractivity contribution is 6.11. The summed E-state index contributed by atoms with van der Waals surface area (Å²) in [6, 6.07) is 26.1. The summed E-state index contributed by atoms with van der Waals surface area (Å²) in [4.78, 5) is 25.2. The zero-order valence-electron chi connectivity index (χ0n) is 28.3. The van der Waals surface area contributed by atoms with E-state index in [2.05, 4.69) is 0 Å². The number of fused-ring (bicyclic) bond motifs is 1. The van der Waals surface area contributed by atoms with Gasteiger partial charge in [-0.05, 0) is 29.3 Å². The van der Waals surface area contributed by atoms with Crippen molar-refractivity contribution < 1.29 is 4.79 Å². The maximum absolute atomic E-state index is 12.8. The van der Waals surface area contributed by atoms with E-state index in [9.17, 15) is 9.59 Å². The molecule has 0 aliphatic heterocycles. The fourth-order valence-corrected chi connectivity index (χ4v) is 3.22. The minimum atomic E-state index is -0.0708. The summed E-state index contributed by atoms with van der Waals surface area (Å²) < 4.78 is 1.61. The van der Waals surface area contributed by atoms with Crippen LogP contribution in [-0.4, -0.2) is 10.4 Å². The van der Waals surface area contributed by atoms with Crippen LogP contribution >= 0.6 is 0 Å². The van der Waals surface area contributed by atoms with Gasteiger partial charge in [0, 0.05) is 29.6 Å². The molecule has 0 radical (unpaired) electrons. The van der Waals surface area contributed by atoms with Gasteiger partial charge in [-0.1, -0.05) is 158 Å². The van der Waals surface area contributed by atoms with Gasteiger partial charge in [0.15, 0.2) is 5.78 Å². The van der Waals surface area contributed by atoms with Gasteiger partial charge in [0.25, 0.3) is 5.56 Å². The number of carbonyl (C=O) groups excluding carboxylic acids is 1. The molecule has 0 aliphatic carbocycles. The van der Waals surface area contributed by atoms with E-state index in [1.54, 1.807) is 23.7 Å². The monoisotopic (exact) mass is 549 g/mol. The molecule has 3 aromatic carbocycles. The number of benzene rings is 3. The number of hydrogen-bond acceptors (Lipinski definition) is 2. The number of carbonyl (C=O) groups is 1. The Labute approximate surface area is 247 Å². The molecule has 0 aliphatic rings. The van der Waals surface area contributed by atoms with Gasteiger partial charge >= 0.3 is 0 Å². The second-order valence-corrected chi connectivity index (χ2v) is 6.25. The average Bonchev–Trinajstić information content (AvgIpc) is 3.09. The molecule has 0 amide bonds. The molecule has 0 fully saturated rings. The fraction of sp³-hybridized carbons (Fsp3) is 0.405. The third-order valence-corrected chi connectivity index (χ3v) is 4.63. The van der Waals surface area contributed by atoms with E-state index in [1.807, 2.05) is 170 Å². The Hall–Kier alpha value is -3.46. The Morgan fingerprint density at radius 1 is 0.525 bits per heavy atom. The number of pyridine rings is 1. The van der Waals surface area contributed by atoms with Gasteiger partial charge in [0.05, 0.1) is 5.52 Å². The Morgan fingerprint density at radius 2 is 0.950 bits per heavy atom. The molecule has 40 heavy (non-hydrogen) atoms. The third kappa shape index (κ3) is 13.6. The first-order valence-electron chi connectivity index (χ1n) is 15.4. The smallest absolute Gasteiger partial charge is 0.251 e. The Kier molecular flexibility index (Phi) is 32.8. The summed E-state index contributed by atoms with van der Waals surface area (Å²) in [6.07, 6.45) is 0. The SMILES string of the molecule is CC.CC.CC.CC.CC.CC.CC.Cn1c(=O)cc(-c2ccccc2)c2cc(C(=O)c3ccccc3)ccc21. The van der Waals surface area contributed by atoms with E-state index in [4.69, 9.17) is 0 Å². The summed E-state index contributed by atoms with van der Waals surface area (Å²) in [5, 5.41) is 0.889. The number of rotatable bonds is 3. The molecule has 4 aromatic rings. The zero-order chi connectivity index (χ0) is 32.1. The molecule has 0 saturated carbocycles. The van der Waals surface area contributed by atoms with Gasteiger partial charge < -0.3 is 4.57 Å². The summed E-state index contributed by atoms with van der Waals surface area (Å²) in [5.74, 6) is -0.0274. The standard InChI is InChI=1S/C23H17NO2.7C2H6/c1-24-21-13-12-18(23(26)17-10-6-3-7-11-17)14-20(21)19(15-22(24)25)16-8-4-2-5-9-16;7*1-2/h2-15H,1H3;7*1-2H3. The molecule has 224 valence electrons. The Morgan fingerprint density at radius 3 is 1.40 bits per heavy atom. The average molecular weight is 550 g/mol. The molecule has 0 saturated heterocycles. The summed E-state index contributed by atoms with van der Waals surface area (Å²) in [5.41, 5.74) is 3.79. The van der Waals surface area contributed by atoms with Crippen LogP contribution in [0.3, 0.4) is 0 Å². The van der Waals surface area contributed by atoms with Gasteiger partial charge in [-0.3, -0.25) is 9.59 Å². The Balaban J connectivity index is -0.000000406. The molecule has 0 spiro atoms. The molecule has 1 aromatic heterocycles. The number of nitrogens with zero attached hydrogens (tertiary/aromatic N) is 1. The van der Waals surface area contributed by atoms with Crippen LogP contribution in [0, 0.1) is 0 Å². The van der Waals surface area contributed by atoms with Crippen molar-refractivity contribution in [3.05, 3.63) is 106 Å². The van der Waals surface area contributed by atoms with E-state index in [0.29, 0.717) is 11.1 Å². The quantitative estimate of drug-likeness (QED) is 0.238. The number of aromatic nitrogens is 1. The van der Waals surface area contributed by atoms with Crippen molar-refractivity contribution in [2.75, 3.05) is 0 Å². The normalized spacial score (nSPS) is 8.07. The van der Waals surface area contributed by atoms with E-state index in [1.165, 1.54) is 0 Å². The largest absolute Gasteiger partial charge is 0.311 e. The maximum Gasteiger partial charge on any atom is 0.251 e. The molecule has 3 heteroatoms. The van der Waals surface area contributed by atoms with Crippen molar-refractivity contribution in [3.8, 4) is 11.1 Å². The van der Waals surface area contributed by atoms with Gasteiger partial charge in [-0.2, -0.15) is 0 Å². The first-order chi connectivity index (χ1) is 19.6. The van der Waals surface area contributed by atoms with Crippen LogP contribution in [0.5, 0.6) is 0 Å². The molecule has 0 atom stereocenters. The highest BCUT2D eigenvalue weighted by atomic mass is 16.1. The molecule has 1 heterocycles. The number of ketones is 1. The van der Waals surface area contributed by atoms with Gasteiger partial charge in [0.1, 0.15) is 0 Å². The molecule has 4 rings (SSSR count). The minimum absolute atomic E-state index is 0.0274. The topological polar surface area (TPSA) is 39.1 Å². The summed E-state index contributed by atoms with van der Waals surface area (Å²) in [7, 11) is 1.75. The van der Waals surface area contributed by atoms with Crippen molar-refractivity contribution in [3.63, 3.8) is 0 Å². The van der Waals surface area contributed by atoms with E-state index in [0.717, 1.165) is 22.0 Å². The molecule has 3 nitrogen and oxygen atoms in total. The predicted molar refractivity (Wildman–Crippen MR) is 184 cm³/mol. The first-order valence-corrected chi connectivity index (χ1v) is 15.4. The Bertz CT molecular complexity index is 1160. The molecule has 0 N–H and O–H groups in total. The highest BCUT2D eigenvalue weighted by Gasteiger charge is 2.13. The van der Waals surface area contributed by atoms with Crippen molar-refractivity contribution in [1.82, 2.24) is 4.57 Å². The lowest BCUT2D eigenvalue weighted by atomic mass is 9.96. The van der Waals surface area contributed by atoms with Crippen LogP contribution in [0.25, 0.3) is 22.0 Å². The highest BCUT2D eigenvalue weighted by Crippen LogP contribution is 2.28. The third-order valence-electron chi connectivity index (χ3n) is 4.63. The molecular formula is C37H59NO2. The van der Waals surface area contributed by atoms with Gasteiger partial charge in [-0.15, -0.1) is 0 Å². The lowest BCUT2D eigenvalue weighted by Gasteiger charge is -2.12. The van der Waals surface area contributed by atoms with E-state index >= 15 is 0 Å². The number of hydrogen-bond donors (Lipinski definition) is 0. The molecular weight excluding hydrogens is 490 g/mol. The number of aryl methyl sites for hydroxylation is 1. The van der Waals surface area contributed by atoms with Crippen molar-refractivity contribution in [1.29, 1.82) is 0 Å². The van der Waals surface area contributed by atoms with Crippen LogP contribution in [0.2, 0.25) is 0 Å². The zero-order valence-corrected chi connectivity index (χ0v) is 28.3. The van der Waals surface area contributed by atoms with E-state index < -0.39 is 0 Å². The van der Waals surface area contributed by atoms with E-state index in [-0.39, 0.29) is 11.3 Å². The van der Waals surface area contributed by atoms with Crippen LogP contribution < -0.4 is 5.56 Å². The van der Waals surface area contributed by atoms with Crippen molar-refractivity contribution in [2.24, 2.45) is 7.05 Å². The summed E-state index contributed by atoms with van der Waals surface area (Å²) >= 11 is 0. The summed E-state index contributed by atoms with van der Waals surface area (Å²) in [6.45, 7) is 28.0. The fourth-order valence-electron chi connectivity index (χ4n) is 3.22. The second kappa shape index (κ2) is 30.1. The van der Waals surface area contributed by atoms with Gasteiger partial charge in [-0.25, -0.2) is 0 Å². The van der Waals surface area contributed by atoms with Crippen LogP contribution in [0.15, 0.2) is 89.7 Å².